The Morgan fingerprint density at radius 3 is 2.58 bits per heavy atom. The van der Waals surface area contributed by atoms with Gasteiger partial charge in [0.1, 0.15) is 29.8 Å². The lowest BCUT2D eigenvalue weighted by atomic mass is 10.2. The molecular formula is C24H33N5O4S2Si. The Bertz CT molecular complexity index is 1200. The van der Waals surface area contributed by atoms with Crippen molar-refractivity contribution in [2.75, 3.05) is 18.6 Å². The average molecular weight is 548 g/mol. The Labute approximate surface area is 222 Å². The van der Waals surface area contributed by atoms with Crippen molar-refractivity contribution in [2.45, 2.75) is 62.6 Å². The van der Waals surface area contributed by atoms with Gasteiger partial charge in [0.2, 0.25) is 0 Å². The number of thioether (sulfide) groups is 1. The van der Waals surface area contributed by atoms with Gasteiger partial charge in [-0.2, -0.15) is 11.8 Å². The van der Waals surface area contributed by atoms with Crippen LogP contribution < -0.4 is 10.5 Å². The molecule has 1 aliphatic heterocycles. The largest absolute Gasteiger partial charge is 0.449 e. The van der Waals surface area contributed by atoms with Crippen LogP contribution in [0, 0.1) is 0 Å². The van der Waals surface area contributed by atoms with E-state index >= 15 is 0 Å². The number of benzene rings is 1. The van der Waals surface area contributed by atoms with Crippen molar-refractivity contribution in [2.24, 2.45) is 0 Å². The van der Waals surface area contributed by atoms with E-state index in [1.54, 1.807) is 18.1 Å². The molecule has 36 heavy (non-hydrogen) atoms. The maximum atomic E-state index is 6.59. The van der Waals surface area contributed by atoms with Gasteiger partial charge in [0, 0.05) is 12.2 Å². The molecule has 0 bridgehead atoms. The van der Waals surface area contributed by atoms with Gasteiger partial charge in [-0.1, -0.05) is 39.0 Å². The number of fused-ring (bicyclic) bond motifs is 1. The summed E-state index contributed by atoms with van der Waals surface area (Å²) >= 11 is 7.10. The van der Waals surface area contributed by atoms with Gasteiger partial charge in [-0.15, -0.1) is 0 Å². The van der Waals surface area contributed by atoms with Crippen LogP contribution in [0.3, 0.4) is 0 Å². The van der Waals surface area contributed by atoms with Crippen molar-refractivity contribution >= 4 is 54.5 Å². The first-order valence-electron chi connectivity index (χ1n) is 11.7. The van der Waals surface area contributed by atoms with Crippen molar-refractivity contribution in [1.29, 1.82) is 0 Å². The molecule has 3 aromatic rings. The second-order valence-electron chi connectivity index (χ2n) is 10.2. The van der Waals surface area contributed by atoms with Crippen molar-refractivity contribution in [3.8, 4) is 5.75 Å². The Kier molecular flexibility index (Phi) is 7.91. The number of aromatic nitrogens is 4. The monoisotopic (exact) mass is 547 g/mol. The minimum atomic E-state index is -2.04. The molecule has 0 radical (unpaired) electrons. The maximum Gasteiger partial charge on any atom is 0.358 e. The Hall–Kier alpha value is -2.25. The second-order valence-corrected chi connectivity index (χ2v) is 16.3. The molecule has 194 valence electrons. The van der Waals surface area contributed by atoms with Crippen molar-refractivity contribution in [1.82, 2.24) is 19.5 Å². The highest BCUT2D eigenvalue weighted by Crippen LogP contribution is 2.42. The maximum absolute atomic E-state index is 6.59. The average Bonchev–Trinajstić information content (AvgIpc) is 3.39. The summed E-state index contributed by atoms with van der Waals surface area (Å²) in [5.41, 5.74) is 7.15. The van der Waals surface area contributed by atoms with Gasteiger partial charge in [0.15, 0.2) is 26.0 Å². The van der Waals surface area contributed by atoms with Gasteiger partial charge in [-0.3, -0.25) is 4.57 Å². The molecule has 12 heteroatoms. The van der Waals surface area contributed by atoms with Gasteiger partial charge in [-0.05, 0) is 36.5 Å². The fourth-order valence-corrected chi connectivity index (χ4v) is 5.89. The SMILES string of the molecule is CS[C@H]1[C@H](OC(=S)Oc2ccccc2)[C@@H](CO[Si](C)(C)C(C)(C)C)O[C@H]1n1cnc2c(N)ncnc21. The minimum absolute atomic E-state index is 0.0360. The van der Waals surface area contributed by atoms with E-state index in [0.29, 0.717) is 29.3 Å². The molecule has 1 aromatic carbocycles. The lowest BCUT2D eigenvalue weighted by Gasteiger charge is -2.37. The van der Waals surface area contributed by atoms with Gasteiger partial charge in [0.25, 0.3) is 0 Å². The molecule has 9 nitrogen and oxygen atoms in total. The highest BCUT2D eigenvalue weighted by molar-refractivity contribution is 7.99. The zero-order chi connectivity index (χ0) is 26.1. The zero-order valence-corrected chi connectivity index (χ0v) is 24.0. The summed E-state index contributed by atoms with van der Waals surface area (Å²) < 4.78 is 27.0. The molecular weight excluding hydrogens is 515 g/mol. The number of ether oxygens (including phenoxy) is 3. The van der Waals surface area contributed by atoms with Crippen LogP contribution in [0.4, 0.5) is 5.82 Å². The Balaban J connectivity index is 1.62. The predicted molar refractivity (Wildman–Crippen MR) is 149 cm³/mol. The predicted octanol–water partition coefficient (Wildman–Crippen LogP) is 4.81. The Morgan fingerprint density at radius 2 is 1.92 bits per heavy atom. The molecule has 0 aliphatic carbocycles. The molecule has 1 fully saturated rings. The molecule has 4 atom stereocenters. The molecule has 1 saturated heterocycles. The number of thiocarbonyl (C=S) groups is 1. The van der Waals surface area contributed by atoms with E-state index in [0.717, 1.165) is 0 Å². The molecule has 2 aromatic heterocycles. The number of hydrogen-bond donors (Lipinski definition) is 1. The van der Waals surface area contributed by atoms with Crippen LogP contribution >= 0.6 is 24.0 Å². The van der Waals surface area contributed by atoms with E-state index in [-0.39, 0.29) is 15.5 Å². The highest BCUT2D eigenvalue weighted by atomic mass is 32.2. The Morgan fingerprint density at radius 1 is 1.19 bits per heavy atom. The van der Waals surface area contributed by atoms with Gasteiger partial charge in [-0.25, -0.2) is 15.0 Å². The molecule has 4 rings (SSSR count). The van der Waals surface area contributed by atoms with Crippen molar-refractivity contribution in [3.05, 3.63) is 43.0 Å². The number of imidazole rings is 1. The van der Waals surface area contributed by atoms with Gasteiger partial charge < -0.3 is 24.4 Å². The van der Waals surface area contributed by atoms with E-state index in [2.05, 4.69) is 48.8 Å². The summed E-state index contributed by atoms with van der Waals surface area (Å²) in [6.45, 7) is 11.4. The normalized spacial score (nSPS) is 22.6. The zero-order valence-electron chi connectivity index (χ0n) is 21.4. The third kappa shape index (κ3) is 5.52. The van der Waals surface area contributed by atoms with E-state index in [9.17, 15) is 0 Å². The molecule has 3 heterocycles. The van der Waals surface area contributed by atoms with E-state index < -0.39 is 26.8 Å². The smallest absolute Gasteiger partial charge is 0.358 e. The first kappa shape index (κ1) is 26.8. The number of nitrogens with zero attached hydrogens (tertiary/aromatic N) is 4. The first-order valence-corrected chi connectivity index (χ1v) is 16.3. The van der Waals surface area contributed by atoms with Crippen LogP contribution in [-0.4, -0.2) is 63.4 Å². The number of hydrogen-bond acceptors (Lipinski definition) is 10. The number of para-hydroxylation sites is 1. The summed E-state index contributed by atoms with van der Waals surface area (Å²) in [6, 6.07) is 9.33. The number of rotatable bonds is 7. The molecule has 0 unspecified atom stereocenters. The quantitative estimate of drug-likeness (QED) is 0.327. The van der Waals surface area contributed by atoms with E-state index in [4.69, 9.17) is 36.6 Å². The third-order valence-electron chi connectivity index (χ3n) is 6.81. The van der Waals surface area contributed by atoms with E-state index in [1.165, 1.54) is 6.33 Å². The second kappa shape index (κ2) is 10.6. The molecule has 0 spiro atoms. The molecule has 0 amide bonds. The summed E-state index contributed by atoms with van der Waals surface area (Å²) in [4.78, 5) is 12.9. The van der Waals surface area contributed by atoms with Crippen LogP contribution in [0.5, 0.6) is 5.75 Å². The summed E-state index contributed by atoms with van der Waals surface area (Å²) in [5.74, 6) is 0.931. The van der Waals surface area contributed by atoms with Crippen LogP contribution in [0.15, 0.2) is 43.0 Å². The topological polar surface area (TPSA) is 107 Å². The number of nitrogen functional groups attached to an aromatic ring is 1. The van der Waals surface area contributed by atoms with Crippen LogP contribution in [0.2, 0.25) is 18.1 Å². The van der Waals surface area contributed by atoms with Crippen molar-refractivity contribution in [3.63, 3.8) is 0 Å². The lowest BCUT2D eigenvalue weighted by Crippen LogP contribution is -2.45. The molecule has 0 saturated carbocycles. The van der Waals surface area contributed by atoms with E-state index in [1.807, 2.05) is 41.2 Å². The van der Waals surface area contributed by atoms with Crippen LogP contribution in [0.25, 0.3) is 11.2 Å². The van der Waals surface area contributed by atoms with Crippen molar-refractivity contribution < 1.29 is 18.6 Å². The van der Waals surface area contributed by atoms with Crippen LogP contribution in [-0.2, 0) is 13.9 Å². The minimum Gasteiger partial charge on any atom is -0.449 e. The number of anilines is 1. The fraction of sp³-hybridized carbons (Fsp3) is 0.500. The first-order chi connectivity index (χ1) is 17.0. The molecule has 1 aliphatic rings. The summed E-state index contributed by atoms with van der Waals surface area (Å²) in [7, 11) is -2.04. The van der Waals surface area contributed by atoms with Gasteiger partial charge in [0.05, 0.1) is 18.2 Å². The highest BCUT2D eigenvalue weighted by Gasteiger charge is 2.49. The fourth-order valence-electron chi connectivity index (χ4n) is 3.74. The molecule has 2 N–H and O–H groups in total. The van der Waals surface area contributed by atoms with Gasteiger partial charge >= 0.3 is 5.24 Å². The number of nitrogens with two attached hydrogens (primary N) is 1. The third-order valence-corrected chi connectivity index (χ3v) is 12.5. The summed E-state index contributed by atoms with van der Waals surface area (Å²) in [5, 5.41) is -0.0566. The van der Waals surface area contributed by atoms with Crippen LogP contribution in [0.1, 0.15) is 27.0 Å². The standard InChI is InChI=1S/C24H33N5O4S2Si/c1-24(2,3)36(5,6)30-12-16-18(33-23(34)31-15-10-8-7-9-11-15)19(35-4)22(32-16)29-14-28-17-20(25)26-13-27-21(17)29/h7-11,13-14,16,18-19,22H,12H2,1-6H3,(H2,25,26,27)/t16-,18-,19+,22-/m1/s1. The lowest BCUT2D eigenvalue weighted by molar-refractivity contribution is -0.0399. The summed E-state index contributed by atoms with van der Waals surface area (Å²) in [6.07, 6.45) is 3.86.